The van der Waals surface area contributed by atoms with E-state index in [1.807, 2.05) is 12.1 Å². The number of fused-ring (bicyclic) bond motifs is 1. The molecule has 0 bridgehead atoms. The summed E-state index contributed by atoms with van der Waals surface area (Å²) in [5.74, 6) is 0.000391. The Kier molecular flexibility index (Phi) is 1.92. The van der Waals surface area contributed by atoms with Crippen molar-refractivity contribution in [3.8, 4) is 0 Å². The van der Waals surface area contributed by atoms with E-state index in [9.17, 15) is 4.79 Å². The first kappa shape index (κ1) is 8.44. The van der Waals surface area contributed by atoms with Crippen LogP contribution in [0, 0.1) is 0 Å². The summed E-state index contributed by atoms with van der Waals surface area (Å²) < 4.78 is 6.12. The molecule has 1 heterocycles. The Bertz CT molecular complexity index is 475. The van der Waals surface area contributed by atoms with E-state index in [4.69, 9.17) is 4.42 Å². The first-order valence-corrected chi connectivity index (χ1v) is 4.53. The molecule has 0 N–H and O–H groups in total. The van der Waals surface area contributed by atoms with E-state index in [2.05, 4.69) is 20.9 Å². The lowest BCUT2D eigenvalue weighted by Gasteiger charge is -1.85. The number of Topliss-reactive ketones (excluding diaryl/α,β-unsaturated/α-hetero) is 1. The van der Waals surface area contributed by atoms with Crippen molar-refractivity contribution in [2.45, 2.75) is 6.92 Å². The fourth-order valence-electron chi connectivity index (χ4n) is 1.05. The van der Waals surface area contributed by atoms with Crippen LogP contribution in [0.5, 0.6) is 0 Å². The Morgan fingerprint density at radius 1 is 1.54 bits per heavy atom. The van der Waals surface area contributed by atoms with Gasteiger partial charge in [0.05, 0.1) is 0 Å². The van der Waals surface area contributed by atoms with Crippen molar-refractivity contribution < 1.29 is 9.21 Å². The molecule has 3 nitrogen and oxygen atoms in total. The van der Waals surface area contributed by atoms with E-state index in [0.717, 1.165) is 4.47 Å². The van der Waals surface area contributed by atoms with Crippen molar-refractivity contribution in [2.24, 2.45) is 0 Å². The summed E-state index contributed by atoms with van der Waals surface area (Å²) in [5, 5.41) is 0. The second-order valence-corrected chi connectivity index (χ2v) is 3.60. The molecule has 0 amide bonds. The van der Waals surface area contributed by atoms with Gasteiger partial charge in [0.25, 0.3) is 5.89 Å². The molecule has 2 rings (SSSR count). The molecule has 0 aliphatic carbocycles. The number of carbonyl (C=O) groups excluding carboxylic acids is 1. The summed E-state index contributed by atoms with van der Waals surface area (Å²) in [6, 6.07) is 5.43. The van der Waals surface area contributed by atoms with Gasteiger partial charge in [0.2, 0.25) is 5.78 Å². The van der Waals surface area contributed by atoms with Crippen LogP contribution >= 0.6 is 15.9 Å². The Morgan fingerprint density at radius 3 is 3.00 bits per heavy atom. The number of rotatable bonds is 1. The molecule has 0 saturated heterocycles. The molecular formula is C9H6BrNO2. The summed E-state index contributed by atoms with van der Waals surface area (Å²) in [7, 11) is 0. The summed E-state index contributed by atoms with van der Waals surface area (Å²) in [4.78, 5) is 15.0. The highest BCUT2D eigenvalue weighted by molar-refractivity contribution is 9.10. The van der Waals surface area contributed by atoms with Crippen molar-refractivity contribution in [3.63, 3.8) is 0 Å². The van der Waals surface area contributed by atoms with Crippen LogP contribution in [0.3, 0.4) is 0 Å². The lowest BCUT2D eigenvalue weighted by atomic mass is 10.3. The summed E-state index contributed by atoms with van der Waals surface area (Å²) in [6.07, 6.45) is 0. The number of benzene rings is 1. The van der Waals surface area contributed by atoms with Crippen LogP contribution in [0.25, 0.3) is 11.1 Å². The highest BCUT2D eigenvalue weighted by atomic mass is 79.9. The summed E-state index contributed by atoms with van der Waals surface area (Å²) in [6.45, 7) is 1.43. The van der Waals surface area contributed by atoms with Crippen molar-refractivity contribution in [2.75, 3.05) is 0 Å². The van der Waals surface area contributed by atoms with Crippen LogP contribution in [-0.4, -0.2) is 10.8 Å². The van der Waals surface area contributed by atoms with E-state index in [0.29, 0.717) is 11.1 Å². The van der Waals surface area contributed by atoms with Gasteiger partial charge in [-0.25, -0.2) is 4.98 Å². The summed E-state index contributed by atoms with van der Waals surface area (Å²) in [5.41, 5.74) is 1.33. The molecule has 0 aliphatic heterocycles. The number of ketones is 1. The Hall–Kier alpha value is -1.16. The minimum Gasteiger partial charge on any atom is -0.434 e. The monoisotopic (exact) mass is 239 g/mol. The second-order valence-electron chi connectivity index (χ2n) is 2.69. The highest BCUT2D eigenvalue weighted by Gasteiger charge is 2.09. The van der Waals surface area contributed by atoms with Crippen molar-refractivity contribution in [3.05, 3.63) is 28.6 Å². The van der Waals surface area contributed by atoms with Gasteiger partial charge in [-0.1, -0.05) is 15.9 Å². The van der Waals surface area contributed by atoms with Gasteiger partial charge in [0, 0.05) is 11.4 Å². The van der Waals surface area contributed by atoms with Crippen LogP contribution in [-0.2, 0) is 0 Å². The highest BCUT2D eigenvalue weighted by Crippen LogP contribution is 2.20. The zero-order valence-electron chi connectivity index (χ0n) is 6.87. The fraction of sp³-hybridized carbons (Fsp3) is 0.111. The number of nitrogens with zero attached hydrogens (tertiary/aromatic N) is 1. The van der Waals surface area contributed by atoms with Crippen molar-refractivity contribution in [1.82, 2.24) is 4.98 Å². The molecule has 0 radical (unpaired) electrons. The first-order valence-electron chi connectivity index (χ1n) is 3.74. The smallest absolute Gasteiger partial charge is 0.263 e. The third-order valence-electron chi connectivity index (χ3n) is 1.65. The van der Waals surface area contributed by atoms with Gasteiger partial charge >= 0.3 is 0 Å². The SMILES string of the molecule is CC(=O)c1nc2cc(Br)ccc2o1. The number of halogens is 1. The molecule has 1 aromatic carbocycles. The number of aromatic nitrogens is 1. The molecule has 0 fully saturated rings. The van der Waals surface area contributed by atoms with Gasteiger partial charge in [-0.15, -0.1) is 0 Å². The Labute approximate surface area is 82.9 Å². The Balaban J connectivity index is 2.68. The predicted molar refractivity (Wildman–Crippen MR) is 51.7 cm³/mol. The third-order valence-corrected chi connectivity index (χ3v) is 2.14. The van der Waals surface area contributed by atoms with E-state index >= 15 is 0 Å². The molecule has 66 valence electrons. The number of carbonyl (C=O) groups is 1. The maximum absolute atomic E-state index is 10.9. The van der Waals surface area contributed by atoms with E-state index in [1.54, 1.807) is 6.07 Å². The largest absolute Gasteiger partial charge is 0.434 e. The standard InChI is InChI=1S/C9H6BrNO2/c1-5(12)9-11-7-4-6(10)2-3-8(7)13-9/h2-4H,1H3. The van der Waals surface area contributed by atoms with Gasteiger partial charge in [0.15, 0.2) is 5.58 Å². The van der Waals surface area contributed by atoms with Crippen LogP contribution in [0.2, 0.25) is 0 Å². The maximum atomic E-state index is 10.9. The fourth-order valence-corrected chi connectivity index (χ4v) is 1.40. The molecule has 0 saturated carbocycles. The van der Waals surface area contributed by atoms with Crippen LogP contribution in [0.4, 0.5) is 0 Å². The molecule has 0 atom stereocenters. The maximum Gasteiger partial charge on any atom is 0.263 e. The molecule has 0 spiro atoms. The van der Waals surface area contributed by atoms with Crippen molar-refractivity contribution in [1.29, 1.82) is 0 Å². The molecule has 1 aromatic heterocycles. The van der Waals surface area contributed by atoms with E-state index in [1.165, 1.54) is 6.92 Å². The van der Waals surface area contributed by atoms with Gasteiger partial charge in [-0.3, -0.25) is 4.79 Å². The van der Waals surface area contributed by atoms with Gasteiger partial charge in [-0.2, -0.15) is 0 Å². The lowest BCUT2D eigenvalue weighted by molar-refractivity contribution is 0.0983. The quantitative estimate of drug-likeness (QED) is 0.719. The number of hydrogen-bond acceptors (Lipinski definition) is 3. The van der Waals surface area contributed by atoms with E-state index < -0.39 is 0 Å². The first-order chi connectivity index (χ1) is 6.16. The second kappa shape index (κ2) is 2.96. The van der Waals surface area contributed by atoms with Crippen molar-refractivity contribution >= 4 is 32.8 Å². The Morgan fingerprint density at radius 2 is 2.31 bits per heavy atom. The molecule has 4 heteroatoms. The normalized spacial score (nSPS) is 10.6. The average molecular weight is 240 g/mol. The molecule has 2 aromatic rings. The zero-order chi connectivity index (χ0) is 9.42. The van der Waals surface area contributed by atoms with Crippen LogP contribution in [0.1, 0.15) is 17.6 Å². The number of oxazole rings is 1. The minimum absolute atomic E-state index is 0.160. The molecular weight excluding hydrogens is 234 g/mol. The van der Waals surface area contributed by atoms with Gasteiger partial charge in [-0.05, 0) is 18.2 Å². The minimum atomic E-state index is -0.160. The zero-order valence-corrected chi connectivity index (χ0v) is 8.46. The molecule has 0 aliphatic rings. The lowest BCUT2D eigenvalue weighted by Crippen LogP contribution is -1.89. The molecule has 0 unspecified atom stereocenters. The topological polar surface area (TPSA) is 43.1 Å². The van der Waals surface area contributed by atoms with Gasteiger partial charge < -0.3 is 4.42 Å². The predicted octanol–water partition coefficient (Wildman–Crippen LogP) is 2.79. The van der Waals surface area contributed by atoms with Crippen LogP contribution < -0.4 is 0 Å². The molecule has 13 heavy (non-hydrogen) atoms. The summed E-state index contributed by atoms with van der Waals surface area (Å²) >= 11 is 3.31. The van der Waals surface area contributed by atoms with Gasteiger partial charge in [0.1, 0.15) is 5.52 Å². The average Bonchev–Trinajstić information content (AvgIpc) is 2.46. The van der Waals surface area contributed by atoms with E-state index in [-0.39, 0.29) is 11.7 Å². The number of hydrogen-bond donors (Lipinski definition) is 0. The van der Waals surface area contributed by atoms with Crippen LogP contribution in [0.15, 0.2) is 27.1 Å². The third kappa shape index (κ3) is 1.49.